The highest BCUT2D eigenvalue weighted by molar-refractivity contribution is 7.89. The molecule has 1 aliphatic rings. The number of carboxylic acid groups (broad SMARTS) is 1. The molecule has 0 atom stereocenters. The van der Waals surface area contributed by atoms with Crippen molar-refractivity contribution in [2.45, 2.75) is 37.6 Å². The second-order valence-electron chi connectivity index (χ2n) is 7.22. The summed E-state index contributed by atoms with van der Waals surface area (Å²) in [6, 6.07) is 7.26. The third-order valence-corrected chi connectivity index (χ3v) is 6.43. The Morgan fingerprint density at radius 2 is 1.93 bits per heavy atom. The quantitative estimate of drug-likeness (QED) is 0.487. The molecule has 8 nitrogen and oxygen atoms in total. The fraction of sp³-hybridized carbons (Fsp3) is 0.250. The standard InChI is InChI=1S/C20H20N2O6S/c1-10-7-15-14(9-16(21-15)20(24)25)11(2)19(10)28-13-5-6-17(23)18(8-13)29(26,27)22-12-3-4-12/h5-9,12,21-23H,3-4H2,1-2H3,(H,24,25). The minimum Gasteiger partial charge on any atom is -0.507 e. The number of aromatic hydroxyl groups is 1. The molecule has 1 aliphatic carbocycles. The number of aromatic nitrogens is 1. The Morgan fingerprint density at radius 1 is 1.21 bits per heavy atom. The number of nitrogens with one attached hydrogen (secondary N) is 2. The highest BCUT2D eigenvalue weighted by atomic mass is 32.2. The number of aromatic amines is 1. The largest absolute Gasteiger partial charge is 0.507 e. The summed E-state index contributed by atoms with van der Waals surface area (Å²) in [7, 11) is -3.85. The summed E-state index contributed by atoms with van der Waals surface area (Å²) < 4.78 is 33.5. The molecule has 2 aromatic carbocycles. The fourth-order valence-electron chi connectivity index (χ4n) is 3.24. The van der Waals surface area contributed by atoms with Crippen LogP contribution in [0.3, 0.4) is 0 Å². The van der Waals surface area contributed by atoms with E-state index < -0.39 is 16.0 Å². The van der Waals surface area contributed by atoms with Gasteiger partial charge < -0.3 is 19.9 Å². The smallest absolute Gasteiger partial charge is 0.352 e. The molecule has 9 heteroatoms. The van der Waals surface area contributed by atoms with E-state index in [9.17, 15) is 23.4 Å². The van der Waals surface area contributed by atoms with Crippen LogP contribution in [0.15, 0.2) is 35.2 Å². The van der Waals surface area contributed by atoms with Gasteiger partial charge in [-0.3, -0.25) is 0 Å². The first-order valence-corrected chi connectivity index (χ1v) is 10.5. The average Bonchev–Trinajstić information content (AvgIpc) is 3.34. The number of hydrogen-bond donors (Lipinski definition) is 4. The number of aryl methyl sites for hydroxylation is 2. The molecule has 1 saturated carbocycles. The van der Waals surface area contributed by atoms with Gasteiger partial charge in [0.05, 0.1) is 0 Å². The molecule has 1 heterocycles. The summed E-state index contributed by atoms with van der Waals surface area (Å²) in [5.41, 5.74) is 2.22. The number of H-pyrrole nitrogens is 1. The van der Waals surface area contributed by atoms with Crippen LogP contribution >= 0.6 is 0 Å². The first-order valence-electron chi connectivity index (χ1n) is 9.05. The van der Waals surface area contributed by atoms with Gasteiger partial charge in [0.15, 0.2) is 0 Å². The number of benzene rings is 2. The molecule has 152 valence electrons. The second-order valence-corrected chi connectivity index (χ2v) is 8.91. The molecule has 0 aliphatic heterocycles. The lowest BCUT2D eigenvalue weighted by Crippen LogP contribution is -2.25. The number of phenols is 1. The van der Waals surface area contributed by atoms with Gasteiger partial charge in [-0.1, -0.05) is 0 Å². The predicted molar refractivity (Wildman–Crippen MR) is 106 cm³/mol. The van der Waals surface area contributed by atoms with E-state index in [-0.39, 0.29) is 28.1 Å². The van der Waals surface area contributed by atoms with E-state index >= 15 is 0 Å². The molecule has 29 heavy (non-hydrogen) atoms. The van der Waals surface area contributed by atoms with Gasteiger partial charge in [-0.05, 0) is 56.5 Å². The average molecular weight is 416 g/mol. The summed E-state index contributed by atoms with van der Waals surface area (Å²) in [6.45, 7) is 3.62. The predicted octanol–water partition coefficient (Wildman–Crippen LogP) is 3.42. The summed E-state index contributed by atoms with van der Waals surface area (Å²) in [4.78, 5) is 13.8. The minimum absolute atomic E-state index is 0.0730. The van der Waals surface area contributed by atoms with Crippen molar-refractivity contribution in [2.24, 2.45) is 0 Å². The Labute approximate surface area is 167 Å². The number of sulfonamides is 1. The molecule has 0 amide bonds. The van der Waals surface area contributed by atoms with Crippen LogP contribution < -0.4 is 9.46 Å². The lowest BCUT2D eigenvalue weighted by Gasteiger charge is -2.14. The number of fused-ring (bicyclic) bond motifs is 1. The van der Waals surface area contributed by atoms with E-state index in [0.29, 0.717) is 16.7 Å². The van der Waals surface area contributed by atoms with Crippen molar-refractivity contribution in [3.05, 3.63) is 47.2 Å². The van der Waals surface area contributed by atoms with Gasteiger partial charge >= 0.3 is 5.97 Å². The first-order chi connectivity index (χ1) is 13.7. The first kappa shape index (κ1) is 19.3. The zero-order valence-corrected chi connectivity index (χ0v) is 16.6. The lowest BCUT2D eigenvalue weighted by atomic mass is 10.1. The number of ether oxygens (including phenoxy) is 1. The Kier molecular flexibility index (Phi) is 4.51. The normalized spacial score (nSPS) is 14.3. The topological polar surface area (TPSA) is 129 Å². The summed E-state index contributed by atoms with van der Waals surface area (Å²) in [5, 5.41) is 19.9. The van der Waals surface area contributed by atoms with Crippen LogP contribution in [0.25, 0.3) is 10.9 Å². The second kappa shape index (κ2) is 6.78. The van der Waals surface area contributed by atoms with E-state index in [1.165, 1.54) is 24.3 Å². The highest BCUT2D eigenvalue weighted by Gasteiger charge is 2.30. The molecular formula is C20H20N2O6S. The molecule has 0 radical (unpaired) electrons. The molecule has 0 bridgehead atoms. The number of phenolic OH excluding ortho intramolecular Hbond substituents is 1. The molecule has 1 fully saturated rings. The van der Waals surface area contributed by atoms with Gasteiger partial charge in [-0.15, -0.1) is 0 Å². The van der Waals surface area contributed by atoms with Gasteiger partial charge in [-0.2, -0.15) is 0 Å². The monoisotopic (exact) mass is 416 g/mol. The molecule has 0 spiro atoms. The summed E-state index contributed by atoms with van der Waals surface area (Å²) in [6.07, 6.45) is 1.56. The molecule has 1 aromatic heterocycles. The number of aromatic carboxylic acids is 1. The van der Waals surface area contributed by atoms with Gasteiger partial charge in [0.2, 0.25) is 10.0 Å². The molecule has 4 rings (SSSR count). The molecule has 0 saturated heterocycles. The molecule has 3 aromatic rings. The van der Waals surface area contributed by atoms with Crippen molar-refractivity contribution in [3.8, 4) is 17.2 Å². The van der Waals surface area contributed by atoms with Crippen molar-refractivity contribution in [1.82, 2.24) is 9.71 Å². The van der Waals surface area contributed by atoms with Crippen molar-refractivity contribution >= 4 is 26.9 Å². The van der Waals surface area contributed by atoms with Crippen LogP contribution in [0.2, 0.25) is 0 Å². The third-order valence-electron chi connectivity index (χ3n) is 4.88. The van der Waals surface area contributed by atoms with E-state index in [1.54, 1.807) is 13.0 Å². The van der Waals surface area contributed by atoms with Gasteiger partial charge in [0.25, 0.3) is 0 Å². The van der Waals surface area contributed by atoms with Crippen LogP contribution in [0.5, 0.6) is 17.2 Å². The third kappa shape index (κ3) is 3.66. The molecule has 4 N–H and O–H groups in total. The zero-order chi connectivity index (χ0) is 20.9. The maximum Gasteiger partial charge on any atom is 0.352 e. The number of carbonyl (C=O) groups is 1. The van der Waals surface area contributed by atoms with E-state index in [0.717, 1.165) is 24.0 Å². The van der Waals surface area contributed by atoms with Crippen LogP contribution in [0.4, 0.5) is 0 Å². The minimum atomic E-state index is -3.85. The number of carboxylic acids is 1. The molecule has 0 unspecified atom stereocenters. The van der Waals surface area contributed by atoms with E-state index in [1.807, 2.05) is 6.92 Å². The van der Waals surface area contributed by atoms with E-state index in [4.69, 9.17) is 4.74 Å². The Morgan fingerprint density at radius 3 is 2.59 bits per heavy atom. The van der Waals surface area contributed by atoms with Crippen molar-refractivity contribution in [2.75, 3.05) is 0 Å². The van der Waals surface area contributed by atoms with Crippen LogP contribution in [0, 0.1) is 13.8 Å². The Bertz CT molecular complexity index is 1240. The van der Waals surface area contributed by atoms with Gasteiger partial charge in [0, 0.05) is 28.6 Å². The van der Waals surface area contributed by atoms with Crippen LogP contribution in [-0.2, 0) is 10.0 Å². The summed E-state index contributed by atoms with van der Waals surface area (Å²) >= 11 is 0. The zero-order valence-electron chi connectivity index (χ0n) is 15.8. The maximum absolute atomic E-state index is 12.5. The van der Waals surface area contributed by atoms with Crippen LogP contribution in [-0.4, -0.2) is 35.6 Å². The number of hydrogen-bond acceptors (Lipinski definition) is 5. The van der Waals surface area contributed by atoms with Gasteiger partial charge in [0.1, 0.15) is 27.8 Å². The van der Waals surface area contributed by atoms with Crippen LogP contribution in [0.1, 0.15) is 34.5 Å². The van der Waals surface area contributed by atoms with Crippen molar-refractivity contribution < 1.29 is 28.2 Å². The number of rotatable bonds is 6. The summed E-state index contributed by atoms with van der Waals surface area (Å²) in [5.74, 6) is -0.667. The highest BCUT2D eigenvalue weighted by Crippen LogP contribution is 2.37. The Hall–Kier alpha value is -3.04. The van der Waals surface area contributed by atoms with Crippen molar-refractivity contribution in [1.29, 1.82) is 0 Å². The van der Waals surface area contributed by atoms with Gasteiger partial charge in [-0.25, -0.2) is 17.9 Å². The van der Waals surface area contributed by atoms with Crippen molar-refractivity contribution in [3.63, 3.8) is 0 Å². The maximum atomic E-state index is 12.5. The molecular weight excluding hydrogens is 396 g/mol. The SMILES string of the molecule is Cc1cc2[nH]c(C(=O)O)cc2c(C)c1Oc1ccc(O)c(S(=O)(=O)NC2CC2)c1. The Balaban J connectivity index is 1.73. The lowest BCUT2D eigenvalue weighted by molar-refractivity contribution is 0.0691. The fourth-order valence-corrected chi connectivity index (χ4v) is 4.66. The van der Waals surface area contributed by atoms with E-state index in [2.05, 4.69) is 9.71 Å².